The molecule has 0 unspecified atom stereocenters. The number of ketones is 1. The number of carbonyl (C=O) groups excluding carboxylic acids is 1. The fourth-order valence-corrected chi connectivity index (χ4v) is 3.12. The van der Waals surface area contributed by atoms with Gasteiger partial charge in [0, 0.05) is 11.3 Å². The first-order chi connectivity index (χ1) is 8.22. The van der Waals surface area contributed by atoms with Gasteiger partial charge in [-0.25, -0.2) is 0 Å². The zero-order valence-electron chi connectivity index (χ0n) is 10.3. The molecule has 1 heteroatoms. The Morgan fingerprint density at radius 2 is 1.94 bits per heavy atom. The third-order valence-corrected chi connectivity index (χ3v) is 4.34. The predicted octanol–water partition coefficient (Wildman–Crippen LogP) is 3.64. The highest BCUT2D eigenvalue weighted by Gasteiger charge is 2.48. The van der Waals surface area contributed by atoms with E-state index in [1.165, 1.54) is 24.0 Å². The van der Waals surface area contributed by atoms with E-state index in [2.05, 4.69) is 36.4 Å². The lowest BCUT2D eigenvalue weighted by Crippen LogP contribution is -2.08. The summed E-state index contributed by atoms with van der Waals surface area (Å²) >= 11 is 0. The first-order valence-corrected chi connectivity index (χ1v) is 6.49. The fraction of sp³-hybridized carbons (Fsp3) is 0.438. The molecule has 0 amide bonds. The zero-order valence-corrected chi connectivity index (χ0v) is 10.3. The molecular formula is C16H18O. The molecule has 2 aliphatic carbocycles. The van der Waals surface area contributed by atoms with E-state index in [1.807, 2.05) is 0 Å². The van der Waals surface area contributed by atoms with Crippen molar-refractivity contribution in [3.63, 3.8) is 0 Å². The number of hydrogen-bond donors (Lipinski definition) is 0. The van der Waals surface area contributed by atoms with Crippen molar-refractivity contribution in [1.82, 2.24) is 0 Å². The normalized spacial score (nSPS) is 25.5. The maximum Gasteiger partial charge on any atom is 0.136 e. The molecule has 0 N–H and O–H groups in total. The summed E-state index contributed by atoms with van der Waals surface area (Å²) in [7, 11) is 0. The van der Waals surface area contributed by atoms with Crippen molar-refractivity contribution in [2.24, 2.45) is 5.92 Å². The van der Waals surface area contributed by atoms with Crippen molar-refractivity contribution in [3.8, 4) is 0 Å². The molecule has 2 aliphatic rings. The molecule has 1 aromatic carbocycles. The first kappa shape index (κ1) is 10.8. The van der Waals surface area contributed by atoms with Gasteiger partial charge in [0.25, 0.3) is 0 Å². The highest BCUT2D eigenvalue weighted by Crippen LogP contribution is 2.56. The molecule has 0 saturated heterocycles. The van der Waals surface area contributed by atoms with Crippen LogP contribution in [0, 0.1) is 5.92 Å². The number of allylic oxidation sites excluding steroid dienone is 2. The highest BCUT2D eigenvalue weighted by atomic mass is 16.1. The van der Waals surface area contributed by atoms with E-state index in [-0.39, 0.29) is 5.92 Å². The molecule has 0 spiro atoms. The Morgan fingerprint density at radius 1 is 1.24 bits per heavy atom. The van der Waals surface area contributed by atoms with E-state index in [0.717, 1.165) is 12.8 Å². The molecule has 1 saturated carbocycles. The van der Waals surface area contributed by atoms with Crippen LogP contribution in [0.3, 0.4) is 0 Å². The molecule has 0 heterocycles. The van der Waals surface area contributed by atoms with Crippen LogP contribution in [0.25, 0.3) is 0 Å². The van der Waals surface area contributed by atoms with Crippen molar-refractivity contribution in [2.75, 3.05) is 0 Å². The topological polar surface area (TPSA) is 17.1 Å². The second-order valence-corrected chi connectivity index (χ2v) is 5.40. The third-order valence-electron chi connectivity index (χ3n) is 4.34. The Balaban J connectivity index is 1.91. The largest absolute Gasteiger partial charge is 0.299 e. The van der Waals surface area contributed by atoms with Gasteiger partial charge >= 0.3 is 0 Å². The molecule has 0 aromatic heterocycles. The van der Waals surface area contributed by atoms with Crippen LogP contribution in [0.4, 0.5) is 0 Å². The van der Waals surface area contributed by atoms with Crippen molar-refractivity contribution in [3.05, 3.63) is 47.5 Å². The van der Waals surface area contributed by atoms with Gasteiger partial charge in [0.15, 0.2) is 0 Å². The summed E-state index contributed by atoms with van der Waals surface area (Å²) in [6, 6.07) is 10.8. The lowest BCUT2D eigenvalue weighted by atomic mass is 9.87. The van der Waals surface area contributed by atoms with Crippen LogP contribution in [0.5, 0.6) is 0 Å². The first-order valence-electron chi connectivity index (χ1n) is 6.49. The Kier molecular flexibility index (Phi) is 2.43. The molecule has 88 valence electrons. The van der Waals surface area contributed by atoms with Crippen LogP contribution < -0.4 is 0 Å². The Hall–Kier alpha value is -1.37. The molecule has 1 atom stereocenters. The molecule has 1 fully saturated rings. The molecule has 1 nitrogen and oxygen atoms in total. The quantitative estimate of drug-likeness (QED) is 0.719. The highest BCUT2D eigenvalue weighted by molar-refractivity contribution is 5.81. The second-order valence-electron chi connectivity index (χ2n) is 5.40. The zero-order chi connectivity index (χ0) is 11.9. The standard InChI is InChI=1S/C16H18O/c1-12(17)13-7-8-15(11-13)16(9-10-16)14-5-3-2-4-6-14/h2-6,11,13H,7-10H2,1H3/t13-/m1/s1. The van der Waals surface area contributed by atoms with Crippen LogP contribution in [0.15, 0.2) is 42.0 Å². The SMILES string of the molecule is CC(=O)[C@H]1C=C(C2(c3ccccc3)CC2)CC1. The third kappa shape index (κ3) is 1.74. The summed E-state index contributed by atoms with van der Waals surface area (Å²) in [5.74, 6) is 0.509. The lowest BCUT2D eigenvalue weighted by Gasteiger charge is -2.17. The van der Waals surface area contributed by atoms with E-state index >= 15 is 0 Å². The molecule has 3 rings (SSSR count). The fourth-order valence-electron chi connectivity index (χ4n) is 3.12. The van der Waals surface area contributed by atoms with E-state index in [1.54, 1.807) is 6.92 Å². The molecule has 0 bridgehead atoms. The monoisotopic (exact) mass is 226 g/mol. The van der Waals surface area contributed by atoms with Gasteiger partial charge in [0.05, 0.1) is 0 Å². The summed E-state index contributed by atoms with van der Waals surface area (Å²) in [5.41, 5.74) is 3.25. The summed E-state index contributed by atoms with van der Waals surface area (Å²) in [6.07, 6.45) is 6.90. The second kappa shape index (κ2) is 3.83. The number of rotatable bonds is 3. The Labute approximate surface area is 103 Å². The van der Waals surface area contributed by atoms with Gasteiger partial charge in [-0.2, -0.15) is 0 Å². The van der Waals surface area contributed by atoms with E-state index in [9.17, 15) is 4.79 Å². The maximum atomic E-state index is 11.4. The van der Waals surface area contributed by atoms with Crippen molar-refractivity contribution < 1.29 is 4.79 Å². The van der Waals surface area contributed by atoms with Crippen molar-refractivity contribution in [1.29, 1.82) is 0 Å². The number of benzene rings is 1. The van der Waals surface area contributed by atoms with Gasteiger partial charge in [-0.05, 0) is 38.2 Å². The molecule has 0 radical (unpaired) electrons. The van der Waals surface area contributed by atoms with Gasteiger partial charge < -0.3 is 0 Å². The minimum absolute atomic E-state index is 0.186. The Bertz CT molecular complexity index is 466. The smallest absolute Gasteiger partial charge is 0.136 e. The number of hydrogen-bond acceptors (Lipinski definition) is 1. The maximum absolute atomic E-state index is 11.4. The van der Waals surface area contributed by atoms with Crippen molar-refractivity contribution >= 4 is 5.78 Å². The van der Waals surface area contributed by atoms with Crippen molar-refractivity contribution in [2.45, 2.75) is 38.0 Å². The van der Waals surface area contributed by atoms with Crippen LogP contribution in [-0.4, -0.2) is 5.78 Å². The van der Waals surface area contributed by atoms with E-state index < -0.39 is 0 Å². The number of Topliss-reactive ketones (excluding diaryl/α,β-unsaturated/α-hetero) is 1. The number of carbonyl (C=O) groups is 1. The van der Waals surface area contributed by atoms with Gasteiger partial charge in [-0.15, -0.1) is 0 Å². The van der Waals surface area contributed by atoms with Gasteiger partial charge in [-0.1, -0.05) is 42.0 Å². The van der Waals surface area contributed by atoms with Gasteiger partial charge in [-0.3, -0.25) is 4.79 Å². The summed E-state index contributed by atoms with van der Waals surface area (Å²) in [5, 5.41) is 0. The Morgan fingerprint density at radius 3 is 2.47 bits per heavy atom. The predicted molar refractivity (Wildman–Crippen MR) is 68.8 cm³/mol. The minimum Gasteiger partial charge on any atom is -0.299 e. The van der Waals surface area contributed by atoms with Crippen LogP contribution >= 0.6 is 0 Å². The molecule has 17 heavy (non-hydrogen) atoms. The van der Waals surface area contributed by atoms with E-state index in [4.69, 9.17) is 0 Å². The van der Waals surface area contributed by atoms with E-state index in [0.29, 0.717) is 11.2 Å². The summed E-state index contributed by atoms with van der Waals surface area (Å²) < 4.78 is 0. The van der Waals surface area contributed by atoms with Gasteiger partial charge in [0.2, 0.25) is 0 Å². The van der Waals surface area contributed by atoms with Crippen LogP contribution in [0.1, 0.15) is 38.2 Å². The average Bonchev–Trinajstić information content (AvgIpc) is 3.00. The molecule has 1 aromatic rings. The van der Waals surface area contributed by atoms with Crippen LogP contribution in [-0.2, 0) is 10.2 Å². The molecular weight excluding hydrogens is 208 g/mol. The lowest BCUT2D eigenvalue weighted by molar-refractivity contribution is -0.119. The minimum atomic E-state index is 0.186. The summed E-state index contributed by atoms with van der Waals surface area (Å²) in [4.78, 5) is 11.4. The summed E-state index contributed by atoms with van der Waals surface area (Å²) in [6.45, 7) is 1.71. The van der Waals surface area contributed by atoms with Crippen LogP contribution in [0.2, 0.25) is 0 Å². The van der Waals surface area contributed by atoms with Gasteiger partial charge in [0.1, 0.15) is 5.78 Å². The average molecular weight is 226 g/mol. The molecule has 0 aliphatic heterocycles.